The Bertz CT molecular complexity index is 1320. The van der Waals surface area contributed by atoms with E-state index in [0.29, 0.717) is 60.0 Å². The molecule has 1 spiro atoms. The summed E-state index contributed by atoms with van der Waals surface area (Å²) in [7, 11) is 0. The molecular formula is C38H54N2O5. The van der Waals surface area contributed by atoms with E-state index in [2.05, 4.69) is 44.4 Å². The first kappa shape index (κ1) is 31.2. The van der Waals surface area contributed by atoms with Crippen molar-refractivity contribution in [3.63, 3.8) is 0 Å². The van der Waals surface area contributed by atoms with E-state index in [1.807, 2.05) is 12.1 Å². The second-order valence-corrected chi connectivity index (χ2v) is 16.2. The molecule has 4 aliphatic carbocycles. The van der Waals surface area contributed by atoms with E-state index >= 15 is 0 Å². The molecule has 45 heavy (non-hydrogen) atoms. The summed E-state index contributed by atoms with van der Waals surface area (Å²) in [6, 6.07) is 7.07. The van der Waals surface area contributed by atoms with Crippen molar-refractivity contribution in [2.24, 2.45) is 46.3 Å². The van der Waals surface area contributed by atoms with Crippen molar-refractivity contribution >= 4 is 11.8 Å². The second kappa shape index (κ2) is 11.7. The number of benzene rings is 1. The lowest BCUT2D eigenvalue weighted by atomic mass is 9.46. The van der Waals surface area contributed by atoms with E-state index in [0.717, 1.165) is 44.3 Å². The normalized spacial score (nSPS) is 43.4. The molecule has 246 valence electrons. The molecule has 0 aromatic heterocycles. The summed E-state index contributed by atoms with van der Waals surface area (Å²) in [6.45, 7) is 11.1. The van der Waals surface area contributed by atoms with Crippen molar-refractivity contribution in [3.05, 3.63) is 41.5 Å². The van der Waals surface area contributed by atoms with Crippen molar-refractivity contribution in [1.82, 2.24) is 10.6 Å². The van der Waals surface area contributed by atoms with E-state index in [1.54, 1.807) is 12.1 Å². The molecule has 3 N–H and O–H groups in total. The van der Waals surface area contributed by atoms with Gasteiger partial charge in [0.1, 0.15) is 12.2 Å². The van der Waals surface area contributed by atoms with Gasteiger partial charge >= 0.3 is 0 Å². The minimum atomic E-state index is -0.352. The number of hydrogen-bond donors (Lipinski definition) is 3. The van der Waals surface area contributed by atoms with Crippen LogP contribution in [0.2, 0.25) is 0 Å². The third kappa shape index (κ3) is 5.44. The molecule has 0 unspecified atom stereocenters. The summed E-state index contributed by atoms with van der Waals surface area (Å²) in [5, 5.41) is 15.5. The number of phenolic OH excluding ortho intramolecular Hbond substituents is 1. The van der Waals surface area contributed by atoms with Crippen molar-refractivity contribution in [2.45, 2.75) is 116 Å². The SMILES string of the molecule is C[C@@H]1CC[C@@]2(OC1)O[C@H]1C[C@H]3[C@@H]4CC=C5C[C@H](NC(=O)CC(=O)NCCc6ccc(O)cc6)CC[C@]5(C)[C@H]4CC[C@]3(C)[C@H]1[C@@H]2C. The number of hydrogen-bond acceptors (Lipinski definition) is 5. The van der Waals surface area contributed by atoms with Crippen molar-refractivity contribution < 1.29 is 24.2 Å². The number of fused-ring (bicyclic) bond motifs is 7. The summed E-state index contributed by atoms with van der Waals surface area (Å²) >= 11 is 0. The number of aromatic hydroxyl groups is 1. The highest BCUT2D eigenvalue weighted by Gasteiger charge is 2.68. The van der Waals surface area contributed by atoms with Crippen LogP contribution in [0.25, 0.3) is 0 Å². The molecule has 2 saturated heterocycles. The zero-order valence-electron chi connectivity index (χ0n) is 27.8. The Balaban J connectivity index is 0.941. The zero-order chi connectivity index (χ0) is 31.6. The minimum Gasteiger partial charge on any atom is -0.508 e. The lowest BCUT2D eigenvalue weighted by Crippen LogP contribution is -2.53. The number of amides is 2. The molecule has 5 fully saturated rings. The standard InChI is InChI=1S/C38H54N2O5/c1-23-11-17-38(44-22-23)24(2)35-32(45-38)20-31-29-10-7-26-19-27(12-15-36(26,3)30(29)13-16-37(31,35)4)40-34(43)21-33(42)39-18-14-25-5-8-28(41)9-6-25/h5-9,23-24,27,29-32,35,41H,10-22H2,1-4H3,(H,39,42)(H,40,43)/t23-,24+,27-,29-,30+,31+,32+,35+,36+,37+,38-/m1/s1. The Morgan fingerprint density at radius 2 is 1.80 bits per heavy atom. The smallest absolute Gasteiger partial charge is 0.229 e. The van der Waals surface area contributed by atoms with Crippen LogP contribution in [-0.4, -0.2) is 48.0 Å². The molecule has 2 aliphatic heterocycles. The molecule has 7 rings (SSSR count). The van der Waals surface area contributed by atoms with Crippen molar-refractivity contribution in [1.29, 1.82) is 0 Å². The van der Waals surface area contributed by atoms with Gasteiger partial charge in [-0.05, 0) is 116 Å². The monoisotopic (exact) mass is 618 g/mol. The zero-order valence-corrected chi connectivity index (χ0v) is 27.8. The molecule has 0 bridgehead atoms. The number of carbonyl (C=O) groups is 2. The average Bonchev–Trinajstić information content (AvgIpc) is 3.45. The summed E-state index contributed by atoms with van der Waals surface area (Å²) in [4.78, 5) is 25.3. The molecule has 1 aromatic carbocycles. The van der Waals surface area contributed by atoms with Gasteiger partial charge in [0, 0.05) is 24.9 Å². The fraction of sp³-hybridized carbons (Fsp3) is 0.737. The van der Waals surface area contributed by atoms with E-state index in [-0.39, 0.29) is 41.2 Å². The highest BCUT2D eigenvalue weighted by atomic mass is 16.7. The Hall–Kier alpha value is -2.38. The number of ether oxygens (including phenoxy) is 2. The van der Waals surface area contributed by atoms with Crippen molar-refractivity contribution in [2.75, 3.05) is 13.2 Å². The fourth-order valence-corrected chi connectivity index (χ4v) is 11.3. The maximum absolute atomic E-state index is 12.8. The molecule has 11 atom stereocenters. The third-order valence-electron chi connectivity index (χ3n) is 13.7. The molecule has 2 heterocycles. The first-order valence-corrected chi connectivity index (χ1v) is 17.9. The number of phenols is 1. The van der Waals surface area contributed by atoms with Gasteiger partial charge in [0.2, 0.25) is 11.8 Å². The summed E-state index contributed by atoms with van der Waals surface area (Å²) in [5.74, 6) is 3.22. The number of rotatable bonds is 6. The van der Waals surface area contributed by atoms with Crippen LogP contribution >= 0.6 is 0 Å². The van der Waals surface area contributed by atoms with Gasteiger partial charge in [-0.25, -0.2) is 0 Å². The Morgan fingerprint density at radius 3 is 2.56 bits per heavy atom. The summed E-state index contributed by atoms with van der Waals surface area (Å²) < 4.78 is 13.5. The van der Waals surface area contributed by atoms with Gasteiger partial charge in [0.25, 0.3) is 0 Å². The number of nitrogens with one attached hydrogen (secondary N) is 2. The lowest BCUT2D eigenvalue weighted by molar-refractivity contribution is -0.272. The Kier molecular flexibility index (Phi) is 8.12. The van der Waals surface area contributed by atoms with Gasteiger partial charge in [-0.1, -0.05) is 51.5 Å². The van der Waals surface area contributed by atoms with Crippen molar-refractivity contribution in [3.8, 4) is 5.75 Å². The number of carbonyl (C=O) groups excluding carboxylic acids is 2. The van der Waals surface area contributed by atoms with Gasteiger partial charge in [0.05, 0.1) is 12.7 Å². The van der Waals surface area contributed by atoms with Crippen LogP contribution in [0.1, 0.15) is 97.5 Å². The van der Waals surface area contributed by atoms with E-state index < -0.39 is 0 Å². The van der Waals surface area contributed by atoms with E-state index in [9.17, 15) is 14.7 Å². The van der Waals surface area contributed by atoms with Gasteiger partial charge in [-0.3, -0.25) is 9.59 Å². The molecule has 6 aliphatic rings. The van der Waals surface area contributed by atoms with Gasteiger partial charge < -0.3 is 25.2 Å². The molecule has 0 radical (unpaired) electrons. The summed E-state index contributed by atoms with van der Waals surface area (Å²) in [6.07, 6.45) is 13.5. The fourth-order valence-electron chi connectivity index (χ4n) is 11.3. The molecule has 2 amide bonds. The van der Waals surface area contributed by atoms with Crippen LogP contribution in [0.5, 0.6) is 5.75 Å². The molecule has 1 aromatic rings. The van der Waals surface area contributed by atoms with Crippen LogP contribution in [0.3, 0.4) is 0 Å². The largest absolute Gasteiger partial charge is 0.508 e. The van der Waals surface area contributed by atoms with Crippen LogP contribution in [0.4, 0.5) is 0 Å². The van der Waals surface area contributed by atoms with Gasteiger partial charge in [-0.15, -0.1) is 0 Å². The van der Waals surface area contributed by atoms with Crippen LogP contribution in [0, 0.1) is 46.3 Å². The molecule has 7 heteroatoms. The van der Waals surface area contributed by atoms with Crippen LogP contribution < -0.4 is 10.6 Å². The second-order valence-electron chi connectivity index (χ2n) is 16.2. The maximum Gasteiger partial charge on any atom is 0.229 e. The molecular weight excluding hydrogens is 564 g/mol. The molecule has 7 nitrogen and oxygen atoms in total. The van der Waals surface area contributed by atoms with Crippen LogP contribution in [-0.2, 0) is 25.5 Å². The highest BCUT2D eigenvalue weighted by Crippen LogP contribution is 2.70. The topological polar surface area (TPSA) is 96.9 Å². The van der Waals surface area contributed by atoms with E-state index in [1.165, 1.54) is 31.3 Å². The maximum atomic E-state index is 12.8. The third-order valence-corrected chi connectivity index (χ3v) is 13.7. The first-order chi connectivity index (χ1) is 21.5. The van der Waals surface area contributed by atoms with Crippen LogP contribution in [0.15, 0.2) is 35.9 Å². The predicted molar refractivity (Wildman–Crippen MR) is 173 cm³/mol. The highest BCUT2D eigenvalue weighted by molar-refractivity contribution is 5.97. The van der Waals surface area contributed by atoms with Gasteiger partial charge in [0.15, 0.2) is 5.79 Å². The number of allylic oxidation sites excluding steroid dienone is 1. The first-order valence-electron chi connectivity index (χ1n) is 17.9. The predicted octanol–water partition coefficient (Wildman–Crippen LogP) is 6.29. The minimum absolute atomic E-state index is 0.0986. The Morgan fingerprint density at radius 1 is 1.00 bits per heavy atom. The Labute approximate surface area is 269 Å². The van der Waals surface area contributed by atoms with Gasteiger partial charge in [-0.2, -0.15) is 0 Å². The lowest BCUT2D eigenvalue weighted by Gasteiger charge is -2.58. The van der Waals surface area contributed by atoms with E-state index in [4.69, 9.17) is 9.47 Å². The summed E-state index contributed by atoms with van der Waals surface area (Å²) in [5.41, 5.74) is 3.09. The quantitative estimate of drug-likeness (QED) is 0.257. The average molecular weight is 619 g/mol. The molecule has 3 saturated carbocycles.